The molecule has 1 rings (SSSR count). The molecule has 0 N–H and O–H groups in total. The molecule has 0 aromatic carbocycles. The van der Waals surface area contributed by atoms with Crippen molar-refractivity contribution in [1.82, 2.24) is 15.0 Å². The van der Waals surface area contributed by atoms with Crippen LogP contribution in [0, 0.1) is 18.8 Å². The fourth-order valence-electron chi connectivity index (χ4n) is 2.04. The molecule has 0 aliphatic carbocycles. The van der Waals surface area contributed by atoms with E-state index in [4.69, 9.17) is 4.74 Å². The van der Waals surface area contributed by atoms with Crippen LogP contribution in [-0.2, 0) is 4.74 Å². The molecular formula is C14H25N3O2. The standard InChI is InChI=1S/C14H25N3O2/c1-9(2)7-11(5)17-12(6)13(15-16-17)14(18)19-8-10(3)4/h9-11H,7-8H2,1-6H3. The largest absolute Gasteiger partial charge is 0.461 e. The summed E-state index contributed by atoms with van der Waals surface area (Å²) in [7, 11) is 0. The minimum atomic E-state index is -0.380. The maximum atomic E-state index is 11.9. The molecule has 0 spiro atoms. The molecule has 0 bridgehead atoms. The second kappa shape index (κ2) is 6.68. The van der Waals surface area contributed by atoms with Crippen molar-refractivity contribution in [2.75, 3.05) is 6.61 Å². The topological polar surface area (TPSA) is 57.0 Å². The summed E-state index contributed by atoms with van der Waals surface area (Å²) < 4.78 is 7.00. The Balaban J connectivity index is 2.77. The van der Waals surface area contributed by atoms with E-state index in [1.165, 1.54) is 0 Å². The van der Waals surface area contributed by atoms with E-state index in [9.17, 15) is 4.79 Å². The Kier molecular flexibility index (Phi) is 5.51. The number of rotatable bonds is 6. The minimum Gasteiger partial charge on any atom is -0.461 e. The number of carbonyl (C=O) groups excluding carboxylic acids is 1. The van der Waals surface area contributed by atoms with Crippen LogP contribution in [-0.4, -0.2) is 27.6 Å². The highest BCUT2D eigenvalue weighted by atomic mass is 16.5. The number of aromatic nitrogens is 3. The molecule has 0 aliphatic rings. The minimum absolute atomic E-state index is 0.235. The van der Waals surface area contributed by atoms with Gasteiger partial charge in [-0.1, -0.05) is 32.9 Å². The van der Waals surface area contributed by atoms with Crippen LogP contribution < -0.4 is 0 Å². The third kappa shape index (κ3) is 4.33. The van der Waals surface area contributed by atoms with Crippen LogP contribution >= 0.6 is 0 Å². The van der Waals surface area contributed by atoms with E-state index >= 15 is 0 Å². The van der Waals surface area contributed by atoms with Crippen molar-refractivity contribution in [2.45, 2.75) is 54.0 Å². The molecule has 1 aromatic heterocycles. The van der Waals surface area contributed by atoms with Gasteiger partial charge in [-0.2, -0.15) is 0 Å². The number of carbonyl (C=O) groups is 1. The maximum absolute atomic E-state index is 11.9. The van der Waals surface area contributed by atoms with E-state index in [0.29, 0.717) is 24.1 Å². The zero-order valence-electron chi connectivity index (χ0n) is 12.8. The second-order valence-electron chi connectivity index (χ2n) is 5.94. The van der Waals surface area contributed by atoms with Gasteiger partial charge in [0.05, 0.1) is 18.3 Å². The molecule has 1 aromatic rings. The molecule has 108 valence electrons. The Bertz CT molecular complexity index is 424. The van der Waals surface area contributed by atoms with Crippen molar-refractivity contribution in [2.24, 2.45) is 11.8 Å². The van der Waals surface area contributed by atoms with Gasteiger partial charge in [0.1, 0.15) is 0 Å². The molecule has 0 aliphatic heterocycles. The molecule has 0 saturated heterocycles. The van der Waals surface area contributed by atoms with Gasteiger partial charge in [0, 0.05) is 0 Å². The summed E-state index contributed by atoms with van der Waals surface area (Å²) >= 11 is 0. The fraction of sp³-hybridized carbons (Fsp3) is 0.786. The predicted octanol–water partition coefficient (Wildman–Crippen LogP) is 3.01. The molecule has 1 atom stereocenters. The molecule has 1 heterocycles. The van der Waals surface area contributed by atoms with Gasteiger partial charge >= 0.3 is 5.97 Å². The predicted molar refractivity (Wildman–Crippen MR) is 74.0 cm³/mol. The molecule has 0 amide bonds. The van der Waals surface area contributed by atoms with Crippen LogP contribution in [0.4, 0.5) is 0 Å². The van der Waals surface area contributed by atoms with Crippen LogP contribution in [0.2, 0.25) is 0 Å². The summed E-state index contributed by atoms with van der Waals surface area (Å²) in [5, 5.41) is 8.04. The molecular weight excluding hydrogens is 242 g/mol. The van der Waals surface area contributed by atoms with Gasteiger partial charge in [-0.3, -0.25) is 0 Å². The van der Waals surface area contributed by atoms with Gasteiger partial charge in [-0.15, -0.1) is 5.10 Å². The van der Waals surface area contributed by atoms with Crippen molar-refractivity contribution in [3.63, 3.8) is 0 Å². The van der Waals surface area contributed by atoms with Gasteiger partial charge < -0.3 is 4.74 Å². The monoisotopic (exact) mass is 267 g/mol. The lowest BCUT2D eigenvalue weighted by atomic mass is 10.1. The molecule has 0 fully saturated rings. The second-order valence-corrected chi connectivity index (χ2v) is 5.94. The number of hydrogen-bond donors (Lipinski definition) is 0. The summed E-state index contributed by atoms with van der Waals surface area (Å²) in [6.45, 7) is 12.7. The van der Waals surface area contributed by atoms with E-state index in [1.54, 1.807) is 0 Å². The highest BCUT2D eigenvalue weighted by Crippen LogP contribution is 2.19. The van der Waals surface area contributed by atoms with E-state index in [0.717, 1.165) is 12.1 Å². The summed E-state index contributed by atoms with van der Waals surface area (Å²) in [5.41, 5.74) is 1.11. The number of nitrogens with zero attached hydrogens (tertiary/aromatic N) is 3. The van der Waals surface area contributed by atoms with Crippen LogP contribution in [0.15, 0.2) is 0 Å². The zero-order chi connectivity index (χ0) is 14.6. The summed E-state index contributed by atoms with van der Waals surface area (Å²) in [4.78, 5) is 11.9. The van der Waals surface area contributed by atoms with Crippen LogP contribution in [0.1, 0.15) is 63.3 Å². The molecule has 1 unspecified atom stereocenters. The van der Waals surface area contributed by atoms with Crippen molar-refractivity contribution in [3.8, 4) is 0 Å². The van der Waals surface area contributed by atoms with Crippen LogP contribution in [0.3, 0.4) is 0 Å². The fourth-order valence-corrected chi connectivity index (χ4v) is 2.04. The molecule has 5 heteroatoms. The highest BCUT2D eigenvalue weighted by molar-refractivity contribution is 5.88. The quantitative estimate of drug-likeness (QED) is 0.743. The lowest BCUT2D eigenvalue weighted by Gasteiger charge is -2.15. The number of esters is 1. The van der Waals surface area contributed by atoms with Gasteiger partial charge in [0.15, 0.2) is 5.69 Å². The highest BCUT2D eigenvalue weighted by Gasteiger charge is 2.21. The van der Waals surface area contributed by atoms with E-state index in [-0.39, 0.29) is 12.0 Å². The first-order chi connectivity index (χ1) is 8.82. The zero-order valence-corrected chi connectivity index (χ0v) is 12.8. The van der Waals surface area contributed by atoms with Gasteiger partial charge in [0.2, 0.25) is 0 Å². The van der Waals surface area contributed by atoms with Gasteiger partial charge in [-0.25, -0.2) is 9.48 Å². The molecule has 0 radical (unpaired) electrons. The summed E-state index contributed by atoms with van der Waals surface area (Å²) in [6, 6.07) is 0.235. The lowest BCUT2D eigenvalue weighted by Crippen LogP contribution is -2.14. The van der Waals surface area contributed by atoms with E-state index in [2.05, 4.69) is 31.1 Å². The number of ether oxygens (including phenoxy) is 1. The van der Waals surface area contributed by atoms with Crippen molar-refractivity contribution in [1.29, 1.82) is 0 Å². The maximum Gasteiger partial charge on any atom is 0.360 e. The molecule has 19 heavy (non-hydrogen) atoms. The van der Waals surface area contributed by atoms with Crippen molar-refractivity contribution in [3.05, 3.63) is 11.4 Å². The lowest BCUT2D eigenvalue weighted by molar-refractivity contribution is 0.0451. The Morgan fingerprint density at radius 1 is 1.21 bits per heavy atom. The first-order valence-electron chi connectivity index (χ1n) is 6.91. The Hall–Kier alpha value is -1.39. The third-order valence-corrected chi connectivity index (χ3v) is 2.90. The van der Waals surface area contributed by atoms with Crippen LogP contribution in [0.5, 0.6) is 0 Å². The smallest absolute Gasteiger partial charge is 0.360 e. The Morgan fingerprint density at radius 3 is 2.37 bits per heavy atom. The average molecular weight is 267 g/mol. The molecule has 5 nitrogen and oxygen atoms in total. The molecule has 0 saturated carbocycles. The Labute approximate surface area is 115 Å². The Morgan fingerprint density at radius 2 is 1.84 bits per heavy atom. The van der Waals surface area contributed by atoms with Gasteiger partial charge in [0.25, 0.3) is 0 Å². The SMILES string of the molecule is Cc1c(C(=O)OCC(C)C)nnn1C(C)CC(C)C. The normalized spacial score (nSPS) is 13.1. The third-order valence-electron chi connectivity index (χ3n) is 2.90. The van der Waals surface area contributed by atoms with Crippen molar-refractivity contribution < 1.29 is 9.53 Å². The summed E-state index contributed by atoms with van der Waals surface area (Å²) in [5.74, 6) is 0.517. The number of hydrogen-bond acceptors (Lipinski definition) is 4. The van der Waals surface area contributed by atoms with Crippen LogP contribution in [0.25, 0.3) is 0 Å². The van der Waals surface area contributed by atoms with Crippen molar-refractivity contribution >= 4 is 5.97 Å². The van der Waals surface area contributed by atoms with E-state index in [1.807, 2.05) is 25.5 Å². The summed E-state index contributed by atoms with van der Waals surface area (Å²) in [6.07, 6.45) is 1.00. The first kappa shape index (κ1) is 15.7. The van der Waals surface area contributed by atoms with Gasteiger partial charge in [-0.05, 0) is 32.1 Å². The average Bonchev–Trinajstić information content (AvgIpc) is 2.67. The first-order valence-corrected chi connectivity index (χ1v) is 6.91. The van der Waals surface area contributed by atoms with E-state index < -0.39 is 0 Å².